The normalized spacial score (nSPS) is 26.8. The van der Waals surface area contributed by atoms with Gasteiger partial charge in [-0.3, -0.25) is 0 Å². The second-order valence-corrected chi connectivity index (χ2v) is 11.6. The van der Waals surface area contributed by atoms with Crippen LogP contribution in [-0.4, -0.2) is 83.2 Å². The molecule has 2 aromatic heterocycles. The summed E-state index contributed by atoms with van der Waals surface area (Å²) in [6.45, 7) is 3.84. The molecule has 0 aliphatic carbocycles. The lowest BCUT2D eigenvalue weighted by Gasteiger charge is -2.43. The molecule has 6 heterocycles. The van der Waals surface area contributed by atoms with Gasteiger partial charge in [0.25, 0.3) is 0 Å². The van der Waals surface area contributed by atoms with Crippen LogP contribution in [-0.2, 0) is 10.9 Å². The highest BCUT2D eigenvalue weighted by atomic mass is 19.4. The zero-order valence-electron chi connectivity index (χ0n) is 23.4. The summed E-state index contributed by atoms with van der Waals surface area (Å²) in [5.74, 6) is -2.07. The molecule has 15 heteroatoms. The highest BCUT2D eigenvalue weighted by Crippen LogP contribution is 2.47. The van der Waals surface area contributed by atoms with Gasteiger partial charge in [0.2, 0.25) is 11.8 Å². The molecule has 1 aromatic carbocycles. The van der Waals surface area contributed by atoms with Crippen LogP contribution in [0.2, 0.25) is 0 Å². The quantitative estimate of drug-likeness (QED) is 0.303. The Labute approximate surface area is 243 Å². The van der Waals surface area contributed by atoms with Gasteiger partial charge in [-0.1, -0.05) is 0 Å². The number of aliphatic hydroxyl groups excluding tert-OH is 1. The van der Waals surface area contributed by atoms with Crippen molar-refractivity contribution in [3.8, 4) is 17.1 Å². The number of nitrogens with zero attached hydrogens (tertiary/aromatic N) is 5. The van der Waals surface area contributed by atoms with Crippen LogP contribution < -0.4 is 25.6 Å². The summed E-state index contributed by atoms with van der Waals surface area (Å²) >= 11 is 0. The monoisotopic (exact) mass is 607 g/mol. The molecule has 230 valence electrons. The summed E-state index contributed by atoms with van der Waals surface area (Å²) in [7, 11) is 0. The van der Waals surface area contributed by atoms with E-state index in [2.05, 4.69) is 20.2 Å². The zero-order valence-corrected chi connectivity index (χ0v) is 23.4. The predicted molar refractivity (Wildman–Crippen MR) is 147 cm³/mol. The number of nitrogens with one attached hydrogen (secondary N) is 1. The van der Waals surface area contributed by atoms with Crippen molar-refractivity contribution in [2.45, 2.75) is 63.1 Å². The summed E-state index contributed by atoms with van der Waals surface area (Å²) < 4.78 is 86.2. The minimum Gasteiger partial charge on any atom is -0.472 e. The van der Waals surface area contributed by atoms with Crippen LogP contribution in [0.1, 0.15) is 30.9 Å². The molecule has 0 spiro atoms. The average molecular weight is 608 g/mol. The van der Waals surface area contributed by atoms with Gasteiger partial charge in [0.1, 0.15) is 34.3 Å². The second kappa shape index (κ2) is 9.99. The van der Waals surface area contributed by atoms with Gasteiger partial charge in [-0.25, -0.2) is 18.7 Å². The summed E-state index contributed by atoms with van der Waals surface area (Å²) in [5.41, 5.74) is 1.27. The fraction of sp³-hybridized carbons (Fsp3) is 0.536. The Hall–Kier alpha value is -3.56. The predicted octanol–water partition coefficient (Wildman–Crippen LogP) is 3.17. The maximum Gasteiger partial charge on any atom is 0.417 e. The number of ether oxygens (including phenoxy) is 2. The number of rotatable bonds is 3. The number of hydrogen-bond donors (Lipinski definition) is 3. The Balaban J connectivity index is 1.53. The van der Waals surface area contributed by atoms with Crippen LogP contribution in [0.4, 0.5) is 39.4 Å². The first-order valence-corrected chi connectivity index (χ1v) is 14.2. The van der Waals surface area contributed by atoms with Crippen LogP contribution in [0.3, 0.4) is 0 Å². The van der Waals surface area contributed by atoms with Crippen molar-refractivity contribution < 1.29 is 36.5 Å². The van der Waals surface area contributed by atoms with E-state index < -0.39 is 58.0 Å². The SMILES string of the molecule is Cc1c(F)c(N)cc(-c2nc3c4c(nc(N5CCOC[C@@H]5CO)nc4c2F)N2C[C@H]4CC[C@H](N4)[C@H]2[C@H](C)O3)c1C(F)(F)F. The third-order valence-electron chi connectivity index (χ3n) is 9.00. The van der Waals surface area contributed by atoms with E-state index in [-0.39, 0.29) is 54.1 Å². The molecule has 4 aliphatic heterocycles. The summed E-state index contributed by atoms with van der Waals surface area (Å²) in [4.78, 5) is 17.5. The fourth-order valence-corrected chi connectivity index (χ4v) is 7.05. The Kier molecular flexibility index (Phi) is 6.56. The van der Waals surface area contributed by atoms with Crippen LogP contribution in [0.15, 0.2) is 6.07 Å². The number of morpholine rings is 1. The van der Waals surface area contributed by atoms with Crippen molar-refractivity contribution in [1.82, 2.24) is 20.3 Å². The number of aromatic nitrogens is 3. The van der Waals surface area contributed by atoms with Crippen molar-refractivity contribution in [1.29, 1.82) is 0 Å². The molecule has 10 nitrogen and oxygen atoms in total. The number of piperazine rings is 1. The third-order valence-corrected chi connectivity index (χ3v) is 9.00. The number of alkyl halides is 3. The van der Waals surface area contributed by atoms with Gasteiger partial charge < -0.3 is 35.4 Å². The second-order valence-electron chi connectivity index (χ2n) is 11.6. The first-order chi connectivity index (χ1) is 20.5. The van der Waals surface area contributed by atoms with E-state index in [1.807, 2.05) is 6.92 Å². The van der Waals surface area contributed by atoms with Crippen molar-refractivity contribution in [2.75, 3.05) is 48.4 Å². The van der Waals surface area contributed by atoms with Gasteiger partial charge in [-0.2, -0.15) is 18.2 Å². The van der Waals surface area contributed by atoms with Gasteiger partial charge in [0.15, 0.2) is 5.82 Å². The molecule has 3 aromatic rings. The van der Waals surface area contributed by atoms with Crippen molar-refractivity contribution in [2.24, 2.45) is 0 Å². The molecule has 0 radical (unpaired) electrons. The van der Waals surface area contributed by atoms with E-state index in [4.69, 9.17) is 20.2 Å². The molecule has 4 aliphatic rings. The Morgan fingerprint density at radius 3 is 2.67 bits per heavy atom. The molecule has 0 saturated carbocycles. The lowest BCUT2D eigenvalue weighted by molar-refractivity contribution is -0.137. The number of benzene rings is 1. The highest BCUT2D eigenvalue weighted by Gasteiger charge is 2.48. The first-order valence-electron chi connectivity index (χ1n) is 14.2. The summed E-state index contributed by atoms with van der Waals surface area (Å²) in [6.07, 6.45) is -3.75. The van der Waals surface area contributed by atoms with Crippen LogP contribution in [0, 0.1) is 18.6 Å². The minimum absolute atomic E-state index is 0.0331. The number of nitrogen functional groups attached to an aromatic ring is 1. The Morgan fingerprint density at radius 1 is 1.14 bits per heavy atom. The van der Waals surface area contributed by atoms with E-state index in [1.165, 1.54) is 0 Å². The van der Waals surface area contributed by atoms with Crippen molar-refractivity contribution in [3.05, 3.63) is 28.8 Å². The number of nitrogens with two attached hydrogens (primary N) is 1. The van der Waals surface area contributed by atoms with Gasteiger partial charge in [0.05, 0.1) is 43.2 Å². The fourth-order valence-electron chi connectivity index (χ4n) is 7.05. The molecule has 2 bridgehead atoms. The van der Waals surface area contributed by atoms with E-state index in [0.29, 0.717) is 25.5 Å². The lowest BCUT2D eigenvalue weighted by Crippen LogP contribution is -2.62. The zero-order chi connectivity index (χ0) is 30.4. The van der Waals surface area contributed by atoms with E-state index in [1.54, 1.807) is 4.90 Å². The maximum atomic E-state index is 16.7. The largest absolute Gasteiger partial charge is 0.472 e. The molecule has 4 N–H and O–H groups in total. The Bertz CT molecular complexity index is 1620. The summed E-state index contributed by atoms with van der Waals surface area (Å²) in [5, 5.41) is 13.8. The average Bonchev–Trinajstić information content (AvgIpc) is 3.30. The number of anilines is 3. The standard InChI is InChI=1S/C28H30F5N7O3/c1-11-19(28(31,32)33)15(7-16(34)20(11)29)22-21(30)23-18-25(38-27(37-23)39-5-6-42-10-14(39)9-41)40-8-13-3-4-17(35-13)24(40)12(2)43-26(18)36-22/h7,12-14,17,24,35,41H,3-6,8-10,34H2,1-2H3/t12-,13+,14-,17-,24+/m0/s1. The Morgan fingerprint density at radius 2 is 1.93 bits per heavy atom. The van der Waals surface area contributed by atoms with Gasteiger partial charge in [-0.15, -0.1) is 0 Å². The molecule has 3 fully saturated rings. The smallest absolute Gasteiger partial charge is 0.417 e. The molecule has 0 amide bonds. The molecule has 0 unspecified atom stereocenters. The number of fused-ring (bicyclic) bond motifs is 5. The van der Waals surface area contributed by atoms with Gasteiger partial charge in [-0.05, 0) is 38.3 Å². The minimum atomic E-state index is -5.05. The van der Waals surface area contributed by atoms with E-state index in [9.17, 15) is 22.7 Å². The van der Waals surface area contributed by atoms with Gasteiger partial charge in [0, 0.05) is 30.7 Å². The van der Waals surface area contributed by atoms with Crippen LogP contribution in [0.5, 0.6) is 5.88 Å². The van der Waals surface area contributed by atoms with Crippen LogP contribution in [0.25, 0.3) is 22.2 Å². The molecule has 43 heavy (non-hydrogen) atoms. The topological polar surface area (TPSA) is 122 Å². The van der Waals surface area contributed by atoms with E-state index in [0.717, 1.165) is 25.8 Å². The molecule has 5 atom stereocenters. The van der Waals surface area contributed by atoms with Crippen molar-refractivity contribution in [3.63, 3.8) is 0 Å². The number of halogens is 5. The highest BCUT2D eigenvalue weighted by molar-refractivity contribution is 5.98. The van der Waals surface area contributed by atoms with E-state index >= 15 is 4.39 Å². The van der Waals surface area contributed by atoms with Crippen LogP contribution >= 0.6 is 0 Å². The van der Waals surface area contributed by atoms with Crippen molar-refractivity contribution >= 4 is 28.4 Å². The summed E-state index contributed by atoms with van der Waals surface area (Å²) in [6, 6.07) is 0.181. The number of aliphatic hydroxyl groups is 1. The molecule has 3 saturated heterocycles. The third kappa shape index (κ3) is 4.34. The maximum absolute atomic E-state index is 16.7. The lowest BCUT2D eigenvalue weighted by atomic mass is 9.96. The number of hydrogen-bond acceptors (Lipinski definition) is 10. The molecule has 7 rings (SSSR count). The number of pyridine rings is 1. The molecular formula is C28H30F5N7O3. The molecular weight excluding hydrogens is 577 g/mol. The van der Waals surface area contributed by atoms with Gasteiger partial charge >= 0.3 is 6.18 Å². The first kappa shape index (κ1) is 28.2.